The van der Waals surface area contributed by atoms with Crippen LogP contribution in [0.3, 0.4) is 0 Å². The molecule has 6 rings (SSSR count). The van der Waals surface area contributed by atoms with Crippen LogP contribution < -0.4 is 0 Å². The van der Waals surface area contributed by atoms with Crippen LogP contribution in [0.5, 0.6) is 0 Å². The zero-order valence-electron chi connectivity index (χ0n) is 22.9. The van der Waals surface area contributed by atoms with Crippen molar-refractivity contribution in [1.82, 2.24) is 20.0 Å². The molecule has 2 atom stereocenters. The predicted molar refractivity (Wildman–Crippen MR) is 153 cm³/mol. The molecule has 1 amide bonds. The van der Waals surface area contributed by atoms with Crippen LogP contribution in [0.4, 0.5) is 0 Å². The van der Waals surface area contributed by atoms with E-state index in [1.165, 1.54) is 24.0 Å². The zero-order chi connectivity index (χ0) is 26.8. The molecule has 3 aliphatic rings. The lowest BCUT2D eigenvalue weighted by atomic mass is 9.91. The maximum Gasteiger partial charge on any atom is 0.225 e. The van der Waals surface area contributed by atoms with Crippen LogP contribution in [0, 0.1) is 11.8 Å². The standard InChI is InChI=1S/C32H39ClN4O2/c1-36(31(38)25-9-5-6-10-25)22-32(26-11-13-28(33)14-12-26)20-27(32)21-37-17-15-24(16-18-37)30-35-34-29(39-30)19-23-7-3-2-4-8-23/h2-4,7-8,11-14,24-25,27H,5-6,9-10,15-22H2,1H3/t27-,32+/m0/s1. The third kappa shape index (κ3) is 5.92. The van der Waals surface area contributed by atoms with Crippen molar-refractivity contribution < 1.29 is 9.21 Å². The topological polar surface area (TPSA) is 62.5 Å². The molecule has 0 radical (unpaired) electrons. The molecule has 2 saturated carbocycles. The van der Waals surface area contributed by atoms with Crippen molar-refractivity contribution in [2.75, 3.05) is 33.2 Å². The van der Waals surface area contributed by atoms with Crippen LogP contribution in [0.1, 0.15) is 73.8 Å². The lowest BCUT2D eigenvalue weighted by Gasteiger charge is -2.32. The Morgan fingerprint density at radius 3 is 2.46 bits per heavy atom. The predicted octanol–water partition coefficient (Wildman–Crippen LogP) is 6.10. The molecule has 39 heavy (non-hydrogen) atoms. The Bertz CT molecular complexity index is 1250. The number of hydrogen-bond donors (Lipinski definition) is 0. The molecule has 1 saturated heterocycles. The Morgan fingerprint density at radius 2 is 1.74 bits per heavy atom. The third-order valence-corrected chi connectivity index (χ3v) is 9.60. The minimum Gasteiger partial charge on any atom is -0.425 e. The first-order valence-corrected chi connectivity index (χ1v) is 15.0. The van der Waals surface area contributed by atoms with Gasteiger partial charge in [0.15, 0.2) is 0 Å². The highest BCUT2D eigenvalue weighted by atomic mass is 35.5. The Balaban J connectivity index is 1.06. The van der Waals surface area contributed by atoms with E-state index in [0.717, 1.165) is 69.2 Å². The molecule has 0 spiro atoms. The number of likely N-dealkylation sites (N-methyl/N-ethyl adjacent to an activating group) is 1. The molecule has 0 bridgehead atoms. The number of benzene rings is 2. The van der Waals surface area contributed by atoms with Gasteiger partial charge in [-0.2, -0.15) is 0 Å². The molecule has 3 fully saturated rings. The van der Waals surface area contributed by atoms with Gasteiger partial charge in [-0.05, 0) is 74.4 Å². The number of carbonyl (C=O) groups is 1. The Labute approximate surface area is 236 Å². The van der Waals surface area contributed by atoms with Crippen molar-refractivity contribution in [3.8, 4) is 0 Å². The molecule has 0 N–H and O–H groups in total. The average Bonchev–Trinajstić information content (AvgIpc) is 3.32. The maximum absolute atomic E-state index is 13.2. The minimum absolute atomic E-state index is 0.0171. The van der Waals surface area contributed by atoms with Crippen LogP contribution in [0.25, 0.3) is 0 Å². The highest BCUT2D eigenvalue weighted by Gasteiger charge is 2.56. The molecule has 1 aromatic heterocycles. The fraction of sp³-hybridized carbons (Fsp3) is 0.531. The normalized spacial score (nSPS) is 24.2. The van der Waals surface area contributed by atoms with Crippen molar-refractivity contribution in [2.24, 2.45) is 11.8 Å². The zero-order valence-corrected chi connectivity index (χ0v) is 23.7. The van der Waals surface area contributed by atoms with E-state index in [4.69, 9.17) is 16.0 Å². The van der Waals surface area contributed by atoms with Crippen molar-refractivity contribution in [3.63, 3.8) is 0 Å². The highest BCUT2D eigenvalue weighted by molar-refractivity contribution is 6.30. The second-order valence-corrected chi connectivity index (χ2v) is 12.4. The van der Waals surface area contributed by atoms with E-state index in [-0.39, 0.29) is 11.3 Å². The summed E-state index contributed by atoms with van der Waals surface area (Å²) >= 11 is 6.23. The lowest BCUT2D eigenvalue weighted by Crippen LogP contribution is -2.40. The number of piperidine rings is 1. The largest absolute Gasteiger partial charge is 0.425 e. The van der Waals surface area contributed by atoms with E-state index < -0.39 is 0 Å². The summed E-state index contributed by atoms with van der Waals surface area (Å²) in [5, 5.41) is 9.48. The van der Waals surface area contributed by atoms with Gasteiger partial charge in [-0.25, -0.2) is 0 Å². The Hall–Kier alpha value is -2.70. The monoisotopic (exact) mass is 546 g/mol. The molecular formula is C32H39ClN4O2. The van der Waals surface area contributed by atoms with Gasteiger partial charge in [0, 0.05) is 42.4 Å². The molecule has 2 heterocycles. The first-order valence-electron chi connectivity index (χ1n) is 14.6. The van der Waals surface area contributed by atoms with Gasteiger partial charge in [0.05, 0.1) is 6.42 Å². The number of carbonyl (C=O) groups excluding carboxylic acids is 1. The number of hydrogen-bond acceptors (Lipinski definition) is 5. The van der Waals surface area contributed by atoms with Gasteiger partial charge in [-0.3, -0.25) is 4.79 Å². The van der Waals surface area contributed by atoms with Crippen LogP contribution in [0.2, 0.25) is 5.02 Å². The molecule has 2 aliphatic carbocycles. The Morgan fingerprint density at radius 1 is 1.03 bits per heavy atom. The fourth-order valence-corrected chi connectivity index (χ4v) is 7.10. The summed E-state index contributed by atoms with van der Waals surface area (Å²) in [6, 6.07) is 18.6. The first-order chi connectivity index (χ1) is 19.0. The van der Waals surface area contributed by atoms with Crippen LogP contribution in [0.15, 0.2) is 59.0 Å². The van der Waals surface area contributed by atoms with Crippen molar-refractivity contribution in [3.05, 3.63) is 82.5 Å². The summed E-state index contributed by atoms with van der Waals surface area (Å²) in [6.45, 7) is 3.91. The van der Waals surface area contributed by atoms with Gasteiger partial charge in [-0.15, -0.1) is 10.2 Å². The lowest BCUT2D eigenvalue weighted by molar-refractivity contribution is -0.134. The van der Waals surface area contributed by atoms with E-state index in [1.54, 1.807) is 0 Å². The van der Waals surface area contributed by atoms with Gasteiger partial charge in [0.25, 0.3) is 0 Å². The van der Waals surface area contributed by atoms with Crippen LogP contribution in [-0.4, -0.2) is 59.1 Å². The van der Waals surface area contributed by atoms with E-state index in [1.807, 2.05) is 42.3 Å². The van der Waals surface area contributed by atoms with E-state index in [2.05, 4.69) is 39.4 Å². The number of halogens is 1. The van der Waals surface area contributed by atoms with E-state index >= 15 is 0 Å². The van der Waals surface area contributed by atoms with Gasteiger partial charge in [-0.1, -0.05) is 66.9 Å². The molecule has 2 aromatic carbocycles. The second kappa shape index (κ2) is 11.4. The number of rotatable bonds is 9. The van der Waals surface area contributed by atoms with Gasteiger partial charge in [0.1, 0.15) is 0 Å². The number of amides is 1. The SMILES string of the molecule is CN(C[C@@]1(c2ccc(Cl)cc2)C[C@H]1CN1CCC(c2nnc(Cc3ccccc3)o2)CC1)C(=O)C1CCCC1. The summed E-state index contributed by atoms with van der Waals surface area (Å²) in [4.78, 5) is 17.8. The smallest absolute Gasteiger partial charge is 0.225 e. The molecule has 206 valence electrons. The molecule has 0 unspecified atom stereocenters. The third-order valence-electron chi connectivity index (χ3n) is 9.35. The van der Waals surface area contributed by atoms with Gasteiger partial charge < -0.3 is 14.2 Å². The van der Waals surface area contributed by atoms with Crippen molar-refractivity contribution in [1.29, 1.82) is 0 Å². The maximum atomic E-state index is 13.2. The average molecular weight is 547 g/mol. The molecule has 6 nitrogen and oxygen atoms in total. The Kier molecular flexibility index (Phi) is 7.77. The summed E-state index contributed by atoms with van der Waals surface area (Å²) in [5.41, 5.74) is 2.52. The second-order valence-electron chi connectivity index (χ2n) is 12.0. The van der Waals surface area contributed by atoms with Crippen LogP contribution >= 0.6 is 11.6 Å². The molecule has 7 heteroatoms. The summed E-state index contributed by atoms with van der Waals surface area (Å²) in [6.07, 6.45) is 8.32. The molecule has 3 aromatic rings. The number of nitrogens with zero attached hydrogens (tertiary/aromatic N) is 4. The van der Waals surface area contributed by atoms with Gasteiger partial charge >= 0.3 is 0 Å². The fourth-order valence-electron chi connectivity index (χ4n) is 6.97. The van der Waals surface area contributed by atoms with E-state index in [9.17, 15) is 4.79 Å². The minimum atomic E-state index is 0.0171. The van der Waals surface area contributed by atoms with Crippen LogP contribution in [-0.2, 0) is 16.6 Å². The number of likely N-dealkylation sites (tertiary alicyclic amines) is 1. The summed E-state index contributed by atoms with van der Waals surface area (Å²) in [7, 11) is 2.01. The highest BCUT2D eigenvalue weighted by Crippen LogP contribution is 2.55. The van der Waals surface area contributed by atoms with Crippen molar-refractivity contribution in [2.45, 2.75) is 62.7 Å². The summed E-state index contributed by atoms with van der Waals surface area (Å²) in [5.74, 6) is 2.89. The van der Waals surface area contributed by atoms with Crippen molar-refractivity contribution >= 4 is 17.5 Å². The quantitative estimate of drug-likeness (QED) is 0.324. The van der Waals surface area contributed by atoms with Gasteiger partial charge in [0.2, 0.25) is 17.7 Å². The van der Waals surface area contributed by atoms with E-state index in [0.29, 0.717) is 30.1 Å². The first kappa shape index (κ1) is 26.5. The molecular weight excluding hydrogens is 508 g/mol. The summed E-state index contributed by atoms with van der Waals surface area (Å²) < 4.78 is 6.08. The molecule has 1 aliphatic heterocycles. The number of aromatic nitrogens is 2.